The van der Waals surface area contributed by atoms with E-state index in [4.69, 9.17) is 21.7 Å². The normalized spacial score (nSPS) is 13.6. The Kier molecular flexibility index (Phi) is 25.0. The molecule has 0 fully saturated rings. The van der Waals surface area contributed by atoms with Crippen LogP contribution < -0.4 is 11.5 Å². The van der Waals surface area contributed by atoms with Crippen LogP contribution in [0.4, 0.5) is 0 Å². The van der Waals surface area contributed by atoms with Gasteiger partial charge in [-0.1, -0.05) is 74.8 Å². The number of unbranched alkanes of at least 4 members (excludes halogenated alkanes) is 3. The molecule has 0 radical (unpaired) electrons. The second kappa shape index (κ2) is 25.0. The van der Waals surface area contributed by atoms with Crippen molar-refractivity contribution in [3.05, 3.63) is 48.6 Å². The van der Waals surface area contributed by atoms with Gasteiger partial charge in [0.2, 0.25) is 0 Å². The first-order chi connectivity index (χ1) is 15.3. The molecule has 0 aromatic rings. The SMILES string of the molecule is CCCCCC(O)C=CC=CCC=CCC=CCCCC(=O)O.NCCCC(N)C(=O)O. The molecule has 0 aliphatic carbocycles. The van der Waals surface area contributed by atoms with Crippen LogP contribution in [0, 0.1) is 0 Å². The molecule has 0 rings (SSSR count). The number of nitrogens with two attached hydrogens (primary N) is 2. The minimum Gasteiger partial charge on any atom is -0.481 e. The maximum atomic E-state index is 10.3. The molecule has 0 bridgehead atoms. The molecule has 32 heavy (non-hydrogen) atoms. The summed E-state index contributed by atoms with van der Waals surface area (Å²) in [7, 11) is 0. The lowest BCUT2D eigenvalue weighted by molar-refractivity contribution is -0.139. The van der Waals surface area contributed by atoms with Gasteiger partial charge >= 0.3 is 11.9 Å². The summed E-state index contributed by atoms with van der Waals surface area (Å²) in [6.07, 6.45) is 24.7. The van der Waals surface area contributed by atoms with Crippen LogP contribution in [-0.4, -0.2) is 45.9 Å². The number of hydrogen-bond donors (Lipinski definition) is 5. The topological polar surface area (TPSA) is 147 Å². The maximum absolute atomic E-state index is 10.3. The minimum absolute atomic E-state index is 0.242. The number of rotatable bonds is 18. The summed E-state index contributed by atoms with van der Waals surface area (Å²) >= 11 is 0. The van der Waals surface area contributed by atoms with Crippen molar-refractivity contribution in [3.8, 4) is 0 Å². The van der Waals surface area contributed by atoms with E-state index in [0.29, 0.717) is 25.8 Å². The average molecular weight is 453 g/mol. The average Bonchev–Trinajstić information content (AvgIpc) is 2.75. The molecular formula is C25H44N2O5. The molecule has 7 heteroatoms. The van der Waals surface area contributed by atoms with Gasteiger partial charge in [-0.2, -0.15) is 0 Å². The Morgan fingerprint density at radius 3 is 2.12 bits per heavy atom. The molecule has 7 nitrogen and oxygen atoms in total. The molecule has 0 heterocycles. The zero-order valence-corrected chi connectivity index (χ0v) is 19.6. The summed E-state index contributed by atoms with van der Waals surface area (Å²) < 4.78 is 0. The van der Waals surface area contributed by atoms with Gasteiger partial charge < -0.3 is 26.8 Å². The zero-order valence-electron chi connectivity index (χ0n) is 19.6. The van der Waals surface area contributed by atoms with E-state index in [1.165, 1.54) is 12.8 Å². The minimum atomic E-state index is -0.955. The summed E-state index contributed by atoms with van der Waals surface area (Å²) in [6.45, 7) is 2.66. The Morgan fingerprint density at radius 2 is 1.53 bits per heavy atom. The van der Waals surface area contributed by atoms with Crippen molar-refractivity contribution in [3.63, 3.8) is 0 Å². The highest BCUT2D eigenvalue weighted by Crippen LogP contribution is 2.04. The van der Waals surface area contributed by atoms with Gasteiger partial charge in [-0.3, -0.25) is 9.59 Å². The number of carboxylic acids is 2. The quantitative estimate of drug-likeness (QED) is 0.118. The second-order valence-corrected chi connectivity index (χ2v) is 7.45. The van der Waals surface area contributed by atoms with Crippen LogP contribution in [0.2, 0.25) is 0 Å². The highest BCUT2D eigenvalue weighted by Gasteiger charge is 2.08. The van der Waals surface area contributed by atoms with E-state index in [9.17, 15) is 14.7 Å². The molecule has 0 spiro atoms. The number of hydrogen-bond acceptors (Lipinski definition) is 5. The van der Waals surface area contributed by atoms with Gasteiger partial charge in [-0.05, 0) is 51.5 Å². The third-order valence-electron chi connectivity index (χ3n) is 4.36. The van der Waals surface area contributed by atoms with Crippen molar-refractivity contribution >= 4 is 11.9 Å². The largest absolute Gasteiger partial charge is 0.481 e. The van der Waals surface area contributed by atoms with Crippen molar-refractivity contribution in [1.82, 2.24) is 0 Å². The Morgan fingerprint density at radius 1 is 0.875 bits per heavy atom. The molecule has 2 unspecified atom stereocenters. The molecular weight excluding hydrogens is 408 g/mol. The first-order valence-electron chi connectivity index (χ1n) is 11.6. The van der Waals surface area contributed by atoms with Crippen LogP contribution in [0.1, 0.15) is 77.6 Å². The third-order valence-corrected chi connectivity index (χ3v) is 4.36. The van der Waals surface area contributed by atoms with Crippen LogP contribution in [0.3, 0.4) is 0 Å². The molecule has 0 saturated carbocycles. The fourth-order valence-corrected chi connectivity index (χ4v) is 2.45. The number of aliphatic carboxylic acids is 2. The molecule has 0 aromatic heterocycles. The fourth-order valence-electron chi connectivity index (χ4n) is 2.45. The summed E-state index contributed by atoms with van der Waals surface area (Å²) in [4.78, 5) is 20.4. The van der Waals surface area contributed by atoms with Gasteiger partial charge in [-0.25, -0.2) is 0 Å². The van der Waals surface area contributed by atoms with E-state index >= 15 is 0 Å². The van der Waals surface area contributed by atoms with Crippen LogP contribution in [0.25, 0.3) is 0 Å². The molecule has 0 aromatic carbocycles. The van der Waals surface area contributed by atoms with E-state index in [-0.39, 0.29) is 12.5 Å². The molecule has 7 N–H and O–H groups in total. The number of carboxylic acid groups (broad SMARTS) is 2. The van der Waals surface area contributed by atoms with Crippen molar-refractivity contribution in [2.45, 2.75) is 89.7 Å². The van der Waals surface area contributed by atoms with Gasteiger partial charge in [0.25, 0.3) is 0 Å². The Balaban J connectivity index is 0. The molecule has 0 aliphatic heterocycles. The monoisotopic (exact) mass is 452 g/mol. The molecule has 0 amide bonds. The predicted octanol–water partition coefficient (Wildman–Crippen LogP) is 4.32. The van der Waals surface area contributed by atoms with Gasteiger partial charge in [0.15, 0.2) is 0 Å². The first-order valence-corrected chi connectivity index (χ1v) is 11.6. The predicted molar refractivity (Wildman–Crippen MR) is 131 cm³/mol. The number of aliphatic hydroxyl groups excluding tert-OH is 1. The van der Waals surface area contributed by atoms with E-state index in [1.54, 1.807) is 0 Å². The number of carbonyl (C=O) groups is 2. The fraction of sp³-hybridized carbons (Fsp3) is 0.600. The smallest absolute Gasteiger partial charge is 0.320 e. The lowest BCUT2D eigenvalue weighted by Crippen LogP contribution is -2.30. The van der Waals surface area contributed by atoms with Crippen LogP contribution in [-0.2, 0) is 9.59 Å². The lowest BCUT2D eigenvalue weighted by Gasteiger charge is -2.02. The zero-order chi connectivity index (χ0) is 24.5. The summed E-state index contributed by atoms with van der Waals surface area (Å²) in [6, 6.07) is -0.742. The Labute approximate surface area is 193 Å². The third kappa shape index (κ3) is 27.8. The van der Waals surface area contributed by atoms with Gasteiger partial charge in [0.05, 0.1) is 6.10 Å². The first kappa shape index (κ1) is 32.0. The van der Waals surface area contributed by atoms with Crippen molar-refractivity contribution in [1.29, 1.82) is 0 Å². The summed E-state index contributed by atoms with van der Waals surface area (Å²) in [5.74, 6) is -1.68. The second-order valence-electron chi connectivity index (χ2n) is 7.45. The summed E-state index contributed by atoms with van der Waals surface area (Å²) in [5, 5.41) is 26.4. The maximum Gasteiger partial charge on any atom is 0.320 e. The van der Waals surface area contributed by atoms with Gasteiger partial charge in [0, 0.05) is 6.42 Å². The highest BCUT2D eigenvalue weighted by molar-refractivity contribution is 5.72. The molecule has 184 valence electrons. The summed E-state index contributed by atoms with van der Waals surface area (Å²) in [5.41, 5.74) is 10.3. The van der Waals surface area contributed by atoms with Crippen LogP contribution in [0.15, 0.2) is 48.6 Å². The number of aliphatic hydroxyl groups is 1. The van der Waals surface area contributed by atoms with E-state index < -0.39 is 18.0 Å². The highest BCUT2D eigenvalue weighted by atomic mass is 16.4. The lowest BCUT2D eigenvalue weighted by atomic mass is 10.1. The van der Waals surface area contributed by atoms with Crippen LogP contribution in [0.5, 0.6) is 0 Å². The van der Waals surface area contributed by atoms with Crippen LogP contribution >= 0.6 is 0 Å². The van der Waals surface area contributed by atoms with Crippen molar-refractivity contribution < 1.29 is 24.9 Å². The standard InChI is InChI=1S/C20H32O3.C5H12N2O2/c1-2-3-13-16-19(21)17-14-11-9-7-5-4-6-8-10-12-15-18-20(22)23;6-3-1-2-4(7)5(8)9/h4-5,8-11,14,17,19,21H,2-3,6-7,12-13,15-16,18H2,1H3,(H,22,23);4H,1-3,6-7H2,(H,8,9). The van der Waals surface area contributed by atoms with E-state index in [1.807, 2.05) is 24.3 Å². The van der Waals surface area contributed by atoms with Crippen molar-refractivity contribution in [2.75, 3.05) is 6.54 Å². The number of allylic oxidation sites excluding steroid dienone is 7. The van der Waals surface area contributed by atoms with E-state index in [2.05, 4.69) is 31.2 Å². The van der Waals surface area contributed by atoms with Gasteiger partial charge in [-0.15, -0.1) is 0 Å². The molecule has 0 saturated heterocycles. The molecule has 0 aliphatic rings. The Hall–Kier alpha value is -2.22. The van der Waals surface area contributed by atoms with E-state index in [0.717, 1.165) is 32.1 Å². The van der Waals surface area contributed by atoms with Crippen molar-refractivity contribution in [2.24, 2.45) is 11.5 Å². The Bertz CT molecular complexity index is 571. The molecule has 2 atom stereocenters. The van der Waals surface area contributed by atoms with Gasteiger partial charge in [0.1, 0.15) is 6.04 Å².